The molecule has 0 spiro atoms. The average molecular weight is 277 g/mol. The minimum absolute atomic E-state index is 0.0439. The minimum atomic E-state index is -0.947. The zero-order chi connectivity index (χ0) is 14.3. The summed E-state index contributed by atoms with van der Waals surface area (Å²) in [5, 5.41) is 9.33. The highest BCUT2D eigenvalue weighted by Gasteiger charge is 2.44. The number of carboxylic acids is 1. The van der Waals surface area contributed by atoms with Gasteiger partial charge in [-0.2, -0.15) is 0 Å². The molecule has 1 N–H and O–H groups in total. The second-order valence-electron chi connectivity index (χ2n) is 4.89. The van der Waals surface area contributed by atoms with Gasteiger partial charge >= 0.3 is 5.97 Å². The van der Waals surface area contributed by atoms with Gasteiger partial charge in [0.15, 0.2) is 11.5 Å². The molecule has 1 amide bonds. The molecule has 6 nitrogen and oxygen atoms in total. The quantitative estimate of drug-likeness (QED) is 0.904. The first-order valence-corrected chi connectivity index (χ1v) is 6.53. The molecule has 3 rings (SSSR count). The zero-order valence-corrected chi connectivity index (χ0v) is 11.0. The molecule has 2 atom stereocenters. The van der Waals surface area contributed by atoms with Crippen LogP contribution in [0.25, 0.3) is 0 Å². The molecule has 2 aliphatic rings. The predicted octanol–water partition coefficient (Wildman–Crippen LogP) is 1.41. The SMILES string of the molecule is CCN1C(=O)C[C@H](C(=O)O)[C@@H]1c1ccc2c(c1)OCO2. The van der Waals surface area contributed by atoms with Gasteiger partial charge in [-0.05, 0) is 24.6 Å². The molecule has 0 aliphatic carbocycles. The molecule has 1 fully saturated rings. The number of amides is 1. The van der Waals surface area contributed by atoms with Crippen LogP contribution in [0.5, 0.6) is 11.5 Å². The monoisotopic (exact) mass is 277 g/mol. The van der Waals surface area contributed by atoms with Crippen LogP contribution in [0.15, 0.2) is 18.2 Å². The van der Waals surface area contributed by atoms with Crippen LogP contribution in [-0.4, -0.2) is 35.2 Å². The van der Waals surface area contributed by atoms with Crippen LogP contribution in [0.2, 0.25) is 0 Å². The van der Waals surface area contributed by atoms with E-state index in [1.54, 1.807) is 23.1 Å². The second kappa shape index (κ2) is 4.70. The lowest BCUT2D eigenvalue weighted by molar-refractivity contribution is -0.142. The third-order valence-corrected chi connectivity index (χ3v) is 3.83. The molecule has 106 valence electrons. The Bertz CT molecular complexity index is 571. The Hall–Kier alpha value is -2.24. The highest BCUT2D eigenvalue weighted by molar-refractivity contribution is 5.87. The molecule has 0 aromatic heterocycles. The van der Waals surface area contributed by atoms with E-state index in [1.807, 2.05) is 6.92 Å². The van der Waals surface area contributed by atoms with E-state index >= 15 is 0 Å². The summed E-state index contributed by atoms with van der Waals surface area (Å²) in [6.07, 6.45) is 0.0439. The number of carbonyl (C=O) groups is 2. The Morgan fingerprint density at radius 3 is 2.85 bits per heavy atom. The normalized spacial score (nSPS) is 24.2. The summed E-state index contributed by atoms with van der Waals surface area (Å²) in [6.45, 7) is 2.51. The molecule has 1 aromatic carbocycles. The smallest absolute Gasteiger partial charge is 0.309 e. The van der Waals surface area contributed by atoms with E-state index in [0.29, 0.717) is 18.0 Å². The van der Waals surface area contributed by atoms with Gasteiger partial charge in [-0.15, -0.1) is 0 Å². The third-order valence-electron chi connectivity index (χ3n) is 3.83. The third kappa shape index (κ3) is 1.88. The van der Waals surface area contributed by atoms with Gasteiger partial charge in [0.2, 0.25) is 12.7 Å². The number of nitrogens with zero attached hydrogens (tertiary/aromatic N) is 1. The molecule has 20 heavy (non-hydrogen) atoms. The van der Waals surface area contributed by atoms with Crippen molar-refractivity contribution in [3.63, 3.8) is 0 Å². The number of aliphatic carboxylic acids is 1. The van der Waals surface area contributed by atoms with Gasteiger partial charge in [-0.25, -0.2) is 0 Å². The maximum absolute atomic E-state index is 11.9. The van der Waals surface area contributed by atoms with Gasteiger partial charge in [0.05, 0.1) is 12.0 Å². The van der Waals surface area contributed by atoms with Crippen molar-refractivity contribution in [1.82, 2.24) is 4.90 Å². The summed E-state index contributed by atoms with van der Waals surface area (Å²) in [5.41, 5.74) is 0.773. The fourth-order valence-electron chi connectivity index (χ4n) is 2.89. The van der Waals surface area contributed by atoms with E-state index in [0.717, 1.165) is 5.56 Å². The number of carbonyl (C=O) groups excluding carboxylic acids is 1. The first kappa shape index (κ1) is 12.8. The second-order valence-corrected chi connectivity index (χ2v) is 4.89. The Morgan fingerprint density at radius 1 is 1.40 bits per heavy atom. The van der Waals surface area contributed by atoms with Crippen molar-refractivity contribution in [2.24, 2.45) is 5.92 Å². The van der Waals surface area contributed by atoms with Crippen LogP contribution in [0.3, 0.4) is 0 Å². The summed E-state index contributed by atoms with van der Waals surface area (Å²) < 4.78 is 10.6. The molecule has 0 unspecified atom stereocenters. The van der Waals surface area contributed by atoms with E-state index < -0.39 is 17.9 Å². The number of fused-ring (bicyclic) bond motifs is 1. The lowest BCUT2D eigenvalue weighted by Crippen LogP contribution is -2.30. The predicted molar refractivity (Wildman–Crippen MR) is 68.4 cm³/mol. The molecule has 1 saturated heterocycles. The molecule has 1 aromatic rings. The maximum Gasteiger partial charge on any atom is 0.309 e. The Balaban J connectivity index is 2.00. The number of ether oxygens (including phenoxy) is 2. The average Bonchev–Trinajstić information content (AvgIpc) is 3.01. The molecular weight excluding hydrogens is 262 g/mol. The van der Waals surface area contributed by atoms with Crippen molar-refractivity contribution in [2.45, 2.75) is 19.4 Å². The summed E-state index contributed by atoms with van der Waals surface area (Å²) in [7, 11) is 0. The Morgan fingerprint density at radius 2 is 2.15 bits per heavy atom. The molecule has 0 bridgehead atoms. The Labute approximate surface area is 115 Å². The van der Waals surface area contributed by atoms with Gasteiger partial charge in [0, 0.05) is 13.0 Å². The van der Waals surface area contributed by atoms with E-state index in [2.05, 4.69) is 0 Å². The van der Waals surface area contributed by atoms with Crippen LogP contribution in [0.4, 0.5) is 0 Å². The van der Waals surface area contributed by atoms with Crippen molar-refractivity contribution in [3.05, 3.63) is 23.8 Å². The topological polar surface area (TPSA) is 76.1 Å². The lowest BCUT2D eigenvalue weighted by atomic mass is 9.93. The minimum Gasteiger partial charge on any atom is -0.481 e. The van der Waals surface area contributed by atoms with Gasteiger partial charge in [0.25, 0.3) is 0 Å². The molecule has 0 saturated carbocycles. The van der Waals surface area contributed by atoms with Gasteiger partial charge in [-0.1, -0.05) is 6.07 Å². The molecule has 6 heteroatoms. The van der Waals surface area contributed by atoms with Crippen LogP contribution in [0.1, 0.15) is 24.9 Å². The van der Waals surface area contributed by atoms with Crippen LogP contribution in [-0.2, 0) is 9.59 Å². The maximum atomic E-state index is 11.9. The van der Waals surface area contributed by atoms with E-state index in [-0.39, 0.29) is 19.1 Å². The van der Waals surface area contributed by atoms with Crippen molar-refractivity contribution in [3.8, 4) is 11.5 Å². The number of hydrogen-bond acceptors (Lipinski definition) is 4. The zero-order valence-electron chi connectivity index (χ0n) is 11.0. The van der Waals surface area contributed by atoms with Crippen LogP contribution in [0, 0.1) is 5.92 Å². The van der Waals surface area contributed by atoms with Crippen molar-refractivity contribution in [2.75, 3.05) is 13.3 Å². The summed E-state index contributed by atoms with van der Waals surface area (Å²) in [5.74, 6) is -0.544. The standard InChI is InChI=1S/C14H15NO5/c1-2-15-12(16)6-9(14(17)18)13(15)8-3-4-10-11(5-8)20-7-19-10/h3-5,9,13H,2,6-7H2,1H3,(H,17,18)/t9-,13-/m0/s1. The number of rotatable bonds is 3. The fourth-order valence-corrected chi connectivity index (χ4v) is 2.89. The molecular formula is C14H15NO5. The number of carboxylic acid groups (broad SMARTS) is 1. The van der Waals surface area contributed by atoms with Crippen molar-refractivity contribution >= 4 is 11.9 Å². The fraction of sp³-hybridized carbons (Fsp3) is 0.429. The van der Waals surface area contributed by atoms with Crippen LogP contribution >= 0.6 is 0 Å². The molecule has 0 radical (unpaired) electrons. The lowest BCUT2D eigenvalue weighted by Gasteiger charge is -2.26. The van der Waals surface area contributed by atoms with E-state index in [1.165, 1.54) is 0 Å². The molecule has 2 heterocycles. The van der Waals surface area contributed by atoms with Crippen molar-refractivity contribution < 1.29 is 24.2 Å². The number of hydrogen-bond donors (Lipinski definition) is 1. The highest BCUT2D eigenvalue weighted by atomic mass is 16.7. The highest BCUT2D eigenvalue weighted by Crippen LogP contribution is 2.42. The van der Waals surface area contributed by atoms with Gasteiger partial charge < -0.3 is 19.5 Å². The van der Waals surface area contributed by atoms with Crippen molar-refractivity contribution in [1.29, 1.82) is 0 Å². The summed E-state index contributed by atoms with van der Waals surface area (Å²) in [4.78, 5) is 24.9. The van der Waals surface area contributed by atoms with Crippen LogP contribution < -0.4 is 9.47 Å². The first-order chi connectivity index (χ1) is 9.61. The van der Waals surface area contributed by atoms with Gasteiger partial charge in [0.1, 0.15) is 0 Å². The molecule has 2 aliphatic heterocycles. The largest absolute Gasteiger partial charge is 0.481 e. The number of likely N-dealkylation sites (tertiary alicyclic amines) is 1. The summed E-state index contributed by atoms with van der Waals surface area (Å²) in [6, 6.07) is 4.88. The van der Waals surface area contributed by atoms with E-state index in [4.69, 9.17) is 9.47 Å². The number of benzene rings is 1. The van der Waals surface area contributed by atoms with E-state index in [9.17, 15) is 14.7 Å². The summed E-state index contributed by atoms with van der Waals surface area (Å²) >= 11 is 0. The van der Waals surface area contributed by atoms with Gasteiger partial charge in [-0.3, -0.25) is 9.59 Å². The first-order valence-electron chi connectivity index (χ1n) is 6.53. The Kier molecular flexibility index (Phi) is 3.00.